The molecule has 2 rings (SSSR count). The van der Waals surface area contributed by atoms with Gasteiger partial charge in [0, 0.05) is 18.8 Å². The quantitative estimate of drug-likeness (QED) is 0.803. The number of hydrogen-bond acceptors (Lipinski definition) is 3. The summed E-state index contributed by atoms with van der Waals surface area (Å²) in [5, 5.41) is 5.35. The molecule has 0 atom stereocenters. The Morgan fingerprint density at radius 1 is 1.04 bits per heavy atom. The molecule has 0 bridgehead atoms. The number of carbonyl (C=O) groups is 2. The third-order valence-corrected chi connectivity index (χ3v) is 3.41. The van der Waals surface area contributed by atoms with Crippen LogP contribution in [0.4, 0.5) is 5.69 Å². The van der Waals surface area contributed by atoms with Crippen LogP contribution in [0.1, 0.15) is 11.1 Å². The van der Waals surface area contributed by atoms with Crippen molar-refractivity contribution < 1.29 is 14.3 Å². The molecule has 5 heteroatoms. The first-order valence-corrected chi connectivity index (χ1v) is 7.53. The zero-order chi connectivity index (χ0) is 17.4. The molecule has 5 nitrogen and oxygen atoms in total. The molecule has 0 radical (unpaired) electrons. The molecule has 0 aliphatic carbocycles. The highest BCUT2D eigenvalue weighted by molar-refractivity contribution is 6.01. The van der Waals surface area contributed by atoms with E-state index in [-0.39, 0.29) is 11.8 Å². The lowest BCUT2D eigenvalue weighted by molar-refractivity contribution is -0.120. The minimum absolute atomic E-state index is 0.0470. The van der Waals surface area contributed by atoms with Gasteiger partial charge in [0.2, 0.25) is 11.8 Å². The van der Waals surface area contributed by atoms with Gasteiger partial charge in [0.25, 0.3) is 0 Å². The number of benzene rings is 2. The largest absolute Gasteiger partial charge is 0.497 e. The van der Waals surface area contributed by atoms with E-state index in [2.05, 4.69) is 10.6 Å². The Morgan fingerprint density at radius 3 is 2.29 bits per heavy atom. The summed E-state index contributed by atoms with van der Waals surface area (Å²) in [7, 11) is 3.21. The number of anilines is 1. The molecule has 0 unspecified atom stereocenters. The fraction of sp³-hybridized carbons (Fsp3) is 0.158. The maximum atomic E-state index is 11.9. The predicted octanol–water partition coefficient (Wildman–Crippen LogP) is 2.64. The van der Waals surface area contributed by atoms with Crippen molar-refractivity contribution in [2.45, 2.75) is 6.42 Å². The second kappa shape index (κ2) is 8.53. The third-order valence-electron chi connectivity index (χ3n) is 3.41. The summed E-state index contributed by atoms with van der Waals surface area (Å²) >= 11 is 0. The first-order chi connectivity index (χ1) is 11.6. The van der Waals surface area contributed by atoms with Crippen LogP contribution in [0.25, 0.3) is 6.08 Å². The van der Waals surface area contributed by atoms with Crippen molar-refractivity contribution in [1.82, 2.24) is 5.32 Å². The van der Waals surface area contributed by atoms with E-state index in [1.165, 1.54) is 6.08 Å². The summed E-state index contributed by atoms with van der Waals surface area (Å²) in [5.74, 6) is 0.507. The van der Waals surface area contributed by atoms with E-state index in [9.17, 15) is 9.59 Å². The molecular formula is C19H20N2O3. The maximum absolute atomic E-state index is 11.9. The summed E-state index contributed by atoms with van der Waals surface area (Å²) in [5.41, 5.74) is 2.48. The zero-order valence-electron chi connectivity index (χ0n) is 13.7. The Bertz CT molecular complexity index is 719. The van der Waals surface area contributed by atoms with Crippen LogP contribution in [0.2, 0.25) is 0 Å². The summed E-state index contributed by atoms with van der Waals surface area (Å²) in [6.45, 7) is 0. The predicted molar refractivity (Wildman–Crippen MR) is 94.9 cm³/mol. The van der Waals surface area contributed by atoms with Crippen LogP contribution in [0.15, 0.2) is 54.6 Å². The highest BCUT2D eigenvalue weighted by atomic mass is 16.5. The first kappa shape index (κ1) is 17.3. The SMILES string of the molecule is CNC(=O)Cc1ccc(NC(=O)/C=C/c2ccc(OC)cc2)cc1. The molecule has 124 valence electrons. The Balaban J connectivity index is 1.91. The number of likely N-dealkylation sites (N-methyl/N-ethyl adjacent to an activating group) is 1. The normalized spacial score (nSPS) is 10.4. The Labute approximate surface area is 141 Å². The lowest BCUT2D eigenvalue weighted by Crippen LogP contribution is -2.19. The molecule has 0 aliphatic rings. The van der Waals surface area contributed by atoms with Crippen LogP contribution < -0.4 is 15.4 Å². The summed E-state index contributed by atoms with van der Waals surface area (Å²) in [4.78, 5) is 23.2. The van der Waals surface area contributed by atoms with Crippen molar-refractivity contribution in [3.8, 4) is 5.75 Å². The van der Waals surface area contributed by atoms with Crippen LogP contribution in [0.3, 0.4) is 0 Å². The van der Waals surface area contributed by atoms with Crippen LogP contribution in [-0.4, -0.2) is 26.0 Å². The van der Waals surface area contributed by atoms with E-state index >= 15 is 0 Å². The van der Waals surface area contributed by atoms with Gasteiger partial charge in [-0.25, -0.2) is 0 Å². The molecule has 0 fully saturated rings. The van der Waals surface area contributed by atoms with Gasteiger partial charge in [-0.2, -0.15) is 0 Å². The highest BCUT2D eigenvalue weighted by Crippen LogP contribution is 2.13. The van der Waals surface area contributed by atoms with Gasteiger partial charge < -0.3 is 15.4 Å². The monoisotopic (exact) mass is 324 g/mol. The smallest absolute Gasteiger partial charge is 0.248 e. The molecule has 2 aromatic carbocycles. The second-order valence-corrected chi connectivity index (χ2v) is 5.14. The van der Waals surface area contributed by atoms with Gasteiger partial charge in [0.05, 0.1) is 13.5 Å². The fourth-order valence-electron chi connectivity index (χ4n) is 2.05. The van der Waals surface area contributed by atoms with E-state index in [1.54, 1.807) is 32.4 Å². The average Bonchev–Trinajstić information content (AvgIpc) is 2.62. The number of amides is 2. The third kappa shape index (κ3) is 5.28. The van der Waals surface area contributed by atoms with Crippen molar-refractivity contribution in [2.24, 2.45) is 0 Å². The average molecular weight is 324 g/mol. The maximum Gasteiger partial charge on any atom is 0.248 e. The van der Waals surface area contributed by atoms with Gasteiger partial charge in [-0.15, -0.1) is 0 Å². The first-order valence-electron chi connectivity index (χ1n) is 7.53. The topological polar surface area (TPSA) is 67.4 Å². The number of ether oxygens (including phenoxy) is 1. The van der Waals surface area contributed by atoms with Gasteiger partial charge in [-0.05, 0) is 41.5 Å². The number of carbonyl (C=O) groups excluding carboxylic acids is 2. The van der Waals surface area contributed by atoms with Gasteiger partial charge in [0.1, 0.15) is 5.75 Å². The van der Waals surface area contributed by atoms with E-state index < -0.39 is 0 Å². The van der Waals surface area contributed by atoms with Gasteiger partial charge in [-0.3, -0.25) is 9.59 Å². The van der Waals surface area contributed by atoms with Crippen molar-refractivity contribution >= 4 is 23.6 Å². The van der Waals surface area contributed by atoms with Crippen LogP contribution >= 0.6 is 0 Å². The lowest BCUT2D eigenvalue weighted by atomic mass is 10.1. The summed E-state index contributed by atoms with van der Waals surface area (Å²) in [6, 6.07) is 14.6. The molecule has 2 N–H and O–H groups in total. The minimum Gasteiger partial charge on any atom is -0.497 e. The van der Waals surface area contributed by atoms with Crippen molar-refractivity contribution in [1.29, 1.82) is 0 Å². The van der Waals surface area contributed by atoms with Crippen molar-refractivity contribution in [2.75, 3.05) is 19.5 Å². The van der Waals surface area contributed by atoms with E-state index in [0.29, 0.717) is 12.1 Å². The molecule has 0 aromatic heterocycles. The van der Waals surface area contributed by atoms with Crippen LogP contribution in [0.5, 0.6) is 5.75 Å². The highest BCUT2D eigenvalue weighted by Gasteiger charge is 2.02. The van der Waals surface area contributed by atoms with E-state index in [0.717, 1.165) is 16.9 Å². The standard InChI is InChI=1S/C19H20N2O3/c1-20-19(23)13-15-3-8-16(9-4-15)21-18(22)12-7-14-5-10-17(24-2)11-6-14/h3-12H,13H2,1-2H3,(H,20,23)(H,21,22)/b12-7+. The van der Waals surface area contributed by atoms with Gasteiger partial charge >= 0.3 is 0 Å². The number of methoxy groups -OCH3 is 1. The molecule has 0 aliphatic heterocycles. The number of hydrogen-bond donors (Lipinski definition) is 2. The molecule has 2 amide bonds. The second-order valence-electron chi connectivity index (χ2n) is 5.14. The van der Waals surface area contributed by atoms with E-state index in [4.69, 9.17) is 4.74 Å². The molecular weight excluding hydrogens is 304 g/mol. The number of nitrogens with one attached hydrogen (secondary N) is 2. The van der Waals surface area contributed by atoms with Crippen molar-refractivity contribution in [3.63, 3.8) is 0 Å². The zero-order valence-corrected chi connectivity index (χ0v) is 13.7. The Morgan fingerprint density at radius 2 is 1.71 bits per heavy atom. The van der Waals surface area contributed by atoms with Gasteiger partial charge in [0.15, 0.2) is 0 Å². The fourth-order valence-corrected chi connectivity index (χ4v) is 2.05. The number of rotatable bonds is 6. The van der Waals surface area contributed by atoms with Crippen LogP contribution in [-0.2, 0) is 16.0 Å². The van der Waals surface area contributed by atoms with E-state index in [1.807, 2.05) is 36.4 Å². The van der Waals surface area contributed by atoms with Gasteiger partial charge in [-0.1, -0.05) is 24.3 Å². The minimum atomic E-state index is -0.218. The summed E-state index contributed by atoms with van der Waals surface area (Å²) in [6.07, 6.45) is 3.52. The lowest BCUT2D eigenvalue weighted by Gasteiger charge is -2.04. The van der Waals surface area contributed by atoms with Crippen molar-refractivity contribution in [3.05, 3.63) is 65.7 Å². The molecule has 24 heavy (non-hydrogen) atoms. The Kier molecular flexibility index (Phi) is 6.14. The molecule has 0 heterocycles. The Hall–Kier alpha value is -3.08. The summed E-state index contributed by atoms with van der Waals surface area (Å²) < 4.78 is 5.09. The molecule has 0 spiro atoms. The van der Waals surface area contributed by atoms with Crippen LogP contribution in [0, 0.1) is 0 Å². The molecule has 0 saturated heterocycles. The molecule has 0 saturated carbocycles. The molecule has 2 aromatic rings.